The molecule has 5 heteroatoms. The minimum Gasteiger partial charge on any atom is -0.397 e. The molecule has 1 amide bonds. The van der Waals surface area contributed by atoms with Gasteiger partial charge in [-0.15, -0.1) is 0 Å². The molecular weight excluding hydrogens is 264 g/mol. The van der Waals surface area contributed by atoms with Crippen molar-refractivity contribution in [3.63, 3.8) is 0 Å². The lowest BCUT2D eigenvalue weighted by Gasteiger charge is -2.10. The highest BCUT2D eigenvalue weighted by Crippen LogP contribution is 2.17. The number of carbonyl (C=O) groups is 1. The van der Waals surface area contributed by atoms with Crippen LogP contribution in [0.2, 0.25) is 0 Å². The van der Waals surface area contributed by atoms with Crippen LogP contribution in [0.1, 0.15) is 41.3 Å². The molecule has 0 saturated carbocycles. The lowest BCUT2D eigenvalue weighted by Crippen LogP contribution is -2.14. The van der Waals surface area contributed by atoms with Gasteiger partial charge >= 0.3 is 0 Å². The molecule has 2 aromatic rings. The molecule has 1 heterocycles. The molecule has 0 unspecified atom stereocenters. The van der Waals surface area contributed by atoms with Gasteiger partial charge < -0.3 is 16.8 Å². The number of nitrogens with one attached hydrogen (secondary N) is 1. The lowest BCUT2D eigenvalue weighted by molar-refractivity contribution is 0.100. The maximum atomic E-state index is 11.2. The zero-order valence-electron chi connectivity index (χ0n) is 12.3. The van der Waals surface area contributed by atoms with E-state index in [2.05, 4.69) is 48.4 Å². The predicted molar refractivity (Wildman–Crippen MR) is 85.0 cm³/mol. The number of benzene rings is 1. The summed E-state index contributed by atoms with van der Waals surface area (Å²) in [6.45, 7) is 4.95. The number of hydrogen-bond donors (Lipinski definition) is 3. The summed E-state index contributed by atoms with van der Waals surface area (Å²) < 4.78 is 0. The van der Waals surface area contributed by atoms with Gasteiger partial charge in [-0.05, 0) is 23.1 Å². The summed E-state index contributed by atoms with van der Waals surface area (Å²) in [5.41, 5.74) is 13.9. The molecule has 1 aromatic heterocycles. The smallest absolute Gasteiger partial charge is 0.250 e. The molecule has 1 aromatic carbocycles. The number of pyridine rings is 1. The van der Waals surface area contributed by atoms with Crippen molar-refractivity contribution in [1.29, 1.82) is 0 Å². The Morgan fingerprint density at radius 1 is 1.29 bits per heavy atom. The molecule has 21 heavy (non-hydrogen) atoms. The van der Waals surface area contributed by atoms with Crippen LogP contribution in [-0.4, -0.2) is 10.9 Å². The Labute approximate surface area is 124 Å². The summed E-state index contributed by atoms with van der Waals surface area (Å²) in [6, 6.07) is 9.96. The topological polar surface area (TPSA) is 94.0 Å². The van der Waals surface area contributed by atoms with E-state index in [-0.39, 0.29) is 11.3 Å². The second-order valence-electron chi connectivity index (χ2n) is 5.27. The number of nitrogens with two attached hydrogens (primary N) is 2. The van der Waals surface area contributed by atoms with Gasteiger partial charge in [0.1, 0.15) is 5.82 Å². The van der Waals surface area contributed by atoms with Crippen LogP contribution in [-0.2, 0) is 6.54 Å². The molecule has 0 aliphatic heterocycles. The molecular formula is C16H20N4O. The number of aromatic nitrogens is 1. The summed E-state index contributed by atoms with van der Waals surface area (Å²) in [4.78, 5) is 15.4. The van der Waals surface area contributed by atoms with Gasteiger partial charge in [-0.2, -0.15) is 0 Å². The Bertz CT molecular complexity index is 635. The van der Waals surface area contributed by atoms with Crippen LogP contribution in [0.25, 0.3) is 0 Å². The van der Waals surface area contributed by atoms with E-state index in [1.54, 1.807) is 6.07 Å². The Morgan fingerprint density at radius 2 is 1.95 bits per heavy atom. The Morgan fingerprint density at radius 3 is 2.52 bits per heavy atom. The summed E-state index contributed by atoms with van der Waals surface area (Å²) in [6.07, 6.45) is 1.43. The third-order valence-corrected chi connectivity index (χ3v) is 3.32. The van der Waals surface area contributed by atoms with E-state index in [4.69, 9.17) is 11.5 Å². The first-order chi connectivity index (χ1) is 9.97. The first kappa shape index (κ1) is 14.8. The first-order valence-corrected chi connectivity index (χ1v) is 6.85. The second kappa shape index (κ2) is 6.26. The quantitative estimate of drug-likeness (QED) is 0.786. The number of anilines is 2. The van der Waals surface area contributed by atoms with Crippen molar-refractivity contribution < 1.29 is 4.79 Å². The summed E-state index contributed by atoms with van der Waals surface area (Å²) in [5.74, 6) is 0.536. The van der Waals surface area contributed by atoms with Crippen LogP contribution >= 0.6 is 0 Å². The molecule has 0 fully saturated rings. The number of nitrogens with zero attached hydrogens (tertiary/aromatic N) is 1. The van der Waals surface area contributed by atoms with E-state index in [0.29, 0.717) is 18.3 Å². The molecule has 5 nitrogen and oxygen atoms in total. The molecule has 2 rings (SSSR count). The number of primary amides is 1. The van der Waals surface area contributed by atoms with Gasteiger partial charge in [0.05, 0.1) is 17.4 Å². The van der Waals surface area contributed by atoms with Crippen LogP contribution in [0.15, 0.2) is 36.5 Å². The summed E-state index contributed by atoms with van der Waals surface area (Å²) >= 11 is 0. The number of rotatable bonds is 5. The Balaban J connectivity index is 2.06. The van der Waals surface area contributed by atoms with Gasteiger partial charge in [-0.25, -0.2) is 4.98 Å². The van der Waals surface area contributed by atoms with Gasteiger partial charge in [-0.3, -0.25) is 4.79 Å². The zero-order valence-corrected chi connectivity index (χ0v) is 12.3. The van der Waals surface area contributed by atoms with Gasteiger partial charge in [0.15, 0.2) is 0 Å². The fourth-order valence-electron chi connectivity index (χ4n) is 1.99. The van der Waals surface area contributed by atoms with Gasteiger partial charge in [-0.1, -0.05) is 38.1 Å². The van der Waals surface area contributed by atoms with Crippen molar-refractivity contribution in [2.24, 2.45) is 5.73 Å². The fourth-order valence-corrected chi connectivity index (χ4v) is 1.99. The van der Waals surface area contributed by atoms with Crippen LogP contribution in [0.5, 0.6) is 0 Å². The largest absolute Gasteiger partial charge is 0.397 e. The van der Waals surface area contributed by atoms with Gasteiger partial charge in [0.2, 0.25) is 0 Å². The molecule has 0 saturated heterocycles. The van der Waals surface area contributed by atoms with Crippen molar-refractivity contribution in [1.82, 2.24) is 4.98 Å². The van der Waals surface area contributed by atoms with Crippen molar-refractivity contribution in [2.75, 3.05) is 11.1 Å². The zero-order chi connectivity index (χ0) is 15.4. The number of nitrogen functional groups attached to an aromatic ring is 1. The minimum atomic E-state index is -0.556. The highest BCUT2D eigenvalue weighted by molar-refractivity contribution is 5.98. The standard InChI is InChI=1S/C16H20N4O/c1-10(2)12-5-3-11(4-6-12)8-19-15-7-13(16(18)21)14(17)9-20-15/h3-7,9-10H,8,17H2,1-2H3,(H2,18,21)(H,19,20). The van der Waals surface area contributed by atoms with Crippen LogP contribution in [0.4, 0.5) is 11.5 Å². The Kier molecular flexibility index (Phi) is 4.42. The number of carbonyl (C=O) groups excluding carboxylic acids is 1. The highest BCUT2D eigenvalue weighted by Gasteiger charge is 2.07. The maximum Gasteiger partial charge on any atom is 0.250 e. The van der Waals surface area contributed by atoms with E-state index in [1.165, 1.54) is 11.8 Å². The predicted octanol–water partition coefficient (Wildman–Crippen LogP) is 2.50. The molecule has 0 bridgehead atoms. The molecule has 0 spiro atoms. The van der Waals surface area contributed by atoms with Crippen LogP contribution < -0.4 is 16.8 Å². The summed E-state index contributed by atoms with van der Waals surface area (Å²) in [7, 11) is 0. The molecule has 0 aliphatic carbocycles. The normalized spacial score (nSPS) is 10.6. The van der Waals surface area contributed by atoms with Crippen LogP contribution in [0, 0.1) is 0 Å². The monoisotopic (exact) mass is 284 g/mol. The number of hydrogen-bond acceptors (Lipinski definition) is 4. The van der Waals surface area contributed by atoms with Crippen molar-refractivity contribution in [3.05, 3.63) is 53.2 Å². The molecule has 5 N–H and O–H groups in total. The van der Waals surface area contributed by atoms with E-state index in [0.717, 1.165) is 5.56 Å². The second-order valence-corrected chi connectivity index (χ2v) is 5.27. The van der Waals surface area contributed by atoms with Crippen molar-refractivity contribution >= 4 is 17.4 Å². The van der Waals surface area contributed by atoms with Crippen molar-refractivity contribution in [2.45, 2.75) is 26.3 Å². The molecule has 110 valence electrons. The fraction of sp³-hybridized carbons (Fsp3) is 0.250. The van der Waals surface area contributed by atoms with Crippen LogP contribution in [0.3, 0.4) is 0 Å². The van der Waals surface area contributed by atoms with Gasteiger partial charge in [0, 0.05) is 6.54 Å². The highest BCUT2D eigenvalue weighted by atomic mass is 16.1. The number of amides is 1. The first-order valence-electron chi connectivity index (χ1n) is 6.85. The minimum absolute atomic E-state index is 0.280. The average molecular weight is 284 g/mol. The third kappa shape index (κ3) is 3.72. The maximum absolute atomic E-state index is 11.2. The SMILES string of the molecule is CC(C)c1ccc(CNc2cc(C(N)=O)c(N)cn2)cc1. The van der Waals surface area contributed by atoms with E-state index >= 15 is 0 Å². The summed E-state index contributed by atoms with van der Waals surface area (Å²) in [5, 5.41) is 3.16. The molecule has 0 atom stereocenters. The Hall–Kier alpha value is -2.56. The van der Waals surface area contributed by atoms with Crippen molar-refractivity contribution in [3.8, 4) is 0 Å². The van der Waals surface area contributed by atoms with Gasteiger partial charge in [0.25, 0.3) is 5.91 Å². The molecule has 0 aliphatic rings. The third-order valence-electron chi connectivity index (χ3n) is 3.32. The average Bonchev–Trinajstić information content (AvgIpc) is 2.46. The van der Waals surface area contributed by atoms with E-state index < -0.39 is 5.91 Å². The molecule has 0 radical (unpaired) electrons. The lowest BCUT2D eigenvalue weighted by atomic mass is 10.0. The van der Waals surface area contributed by atoms with E-state index in [1.807, 2.05) is 0 Å². The van der Waals surface area contributed by atoms with E-state index in [9.17, 15) is 4.79 Å².